The molecule has 1 aliphatic heterocycles. The lowest BCUT2D eigenvalue weighted by molar-refractivity contribution is -0.140. The van der Waals surface area contributed by atoms with Crippen molar-refractivity contribution in [1.29, 1.82) is 5.26 Å². The molecule has 0 bridgehead atoms. The molecule has 0 fully saturated rings. The molecule has 0 aliphatic carbocycles. The van der Waals surface area contributed by atoms with Gasteiger partial charge < -0.3 is 9.47 Å². The molecule has 0 atom stereocenters. The lowest BCUT2D eigenvalue weighted by atomic mass is 9.93. The summed E-state index contributed by atoms with van der Waals surface area (Å²) in [5.41, 5.74) is 2.18. The molecule has 2 aromatic carbocycles. The van der Waals surface area contributed by atoms with Crippen LogP contribution in [0.15, 0.2) is 59.2 Å². The SMILES string of the molecule is CCCN1C(=O)C(C#N)=C(C)/C(=C\c2ccc(OCc3ccccc3Cl)c(OC)c2)C1=O. The maximum Gasteiger partial charge on any atom is 0.271 e. The van der Waals surface area contributed by atoms with Gasteiger partial charge in [-0.15, -0.1) is 0 Å². The number of carbonyl (C=O) groups is 2. The predicted molar refractivity (Wildman–Crippen MR) is 122 cm³/mol. The smallest absolute Gasteiger partial charge is 0.271 e. The molecular formula is C25H23ClN2O4. The molecule has 164 valence electrons. The number of nitrogens with zero attached hydrogens (tertiary/aromatic N) is 2. The summed E-state index contributed by atoms with van der Waals surface area (Å²) < 4.78 is 11.3. The number of hydrogen-bond acceptors (Lipinski definition) is 5. The van der Waals surface area contributed by atoms with Crippen LogP contribution in [0.4, 0.5) is 0 Å². The first kappa shape index (κ1) is 23.1. The maximum atomic E-state index is 12.9. The van der Waals surface area contributed by atoms with Crippen LogP contribution < -0.4 is 9.47 Å². The highest BCUT2D eigenvalue weighted by Crippen LogP contribution is 2.32. The zero-order valence-electron chi connectivity index (χ0n) is 18.1. The van der Waals surface area contributed by atoms with Gasteiger partial charge in [-0.1, -0.05) is 42.8 Å². The van der Waals surface area contributed by atoms with Gasteiger partial charge in [0.2, 0.25) is 0 Å². The molecule has 0 spiro atoms. The third-order valence-electron chi connectivity index (χ3n) is 5.11. The molecule has 1 heterocycles. The van der Waals surface area contributed by atoms with Crippen LogP contribution in [0.1, 0.15) is 31.4 Å². The van der Waals surface area contributed by atoms with Gasteiger partial charge in [-0.2, -0.15) is 5.26 Å². The quantitative estimate of drug-likeness (QED) is 0.441. The van der Waals surface area contributed by atoms with Crippen LogP contribution in [0.2, 0.25) is 5.02 Å². The number of benzene rings is 2. The van der Waals surface area contributed by atoms with E-state index >= 15 is 0 Å². The zero-order valence-corrected chi connectivity index (χ0v) is 18.9. The number of nitriles is 1. The van der Waals surface area contributed by atoms with Gasteiger partial charge in [-0.3, -0.25) is 14.5 Å². The number of methoxy groups -OCH3 is 1. The molecule has 0 saturated heterocycles. The Hall–Kier alpha value is -3.56. The Bertz CT molecular complexity index is 1160. The van der Waals surface area contributed by atoms with Crippen LogP contribution in [0.5, 0.6) is 11.5 Å². The third-order valence-corrected chi connectivity index (χ3v) is 5.48. The van der Waals surface area contributed by atoms with E-state index < -0.39 is 11.8 Å². The molecule has 0 N–H and O–H groups in total. The summed E-state index contributed by atoms with van der Waals surface area (Å²) in [7, 11) is 1.53. The Morgan fingerprint density at radius 3 is 2.53 bits per heavy atom. The van der Waals surface area contributed by atoms with Crippen molar-refractivity contribution in [2.45, 2.75) is 26.9 Å². The minimum absolute atomic E-state index is 0.0176. The highest BCUT2D eigenvalue weighted by atomic mass is 35.5. The van der Waals surface area contributed by atoms with E-state index in [1.54, 1.807) is 37.3 Å². The molecule has 2 amide bonds. The van der Waals surface area contributed by atoms with E-state index in [0.717, 1.165) is 10.5 Å². The number of imide groups is 1. The highest BCUT2D eigenvalue weighted by Gasteiger charge is 2.34. The van der Waals surface area contributed by atoms with Gasteiger partial charge in [0, 0.05) is 22.7 Å². The third kappa shape index (κ3) is 4.68. The molecule has 32 heavy (non-hydrogen) atoms. The summed E-state index contributed by atoms with van der Waals surface area (Å²) in [4.78, 5) is 26.5. The molecule has 0 aromatic heterocycles. The monoisotopic (exact) mass is 450 g/mol. The molecule has 0 unspecified atom stereocenters. The Balaban J connectivity index is 1.93. The van der Waals surface area contributed by atoms with E-state index in [2.05, 4.69) is 0 Å². The van der Waals surface area contributed by atoms with Crippen molar-refractivity contribution in [3.63, 3.8) is 0 Å². The van der Waals surface area contributed by atoms with Crippen molar-refractivity contribution < 1.29 is 19.1 Å². The van der Waals surface area contributed by atoms with E-state index in [1.165, 1.54) is 7.11 Å². The molecule has 2 aromatic rings. The molecule has 3 rings (SSSR count). The van der Waals surface area contributed by atoms with Crippen LogP contribution in [0, 0.1) is 11.3 Å². The van der Waals surface area contributed by atoms with Crippen molar-refractivity contribution in [2.75, 3.05) is 13.7 Å². The van der Waals surface area contributed by atoms with E-state index in [4.69, 9.17) is 21.1 Å². The average molecular weight is 451 g/mol. The van der Waals surface area contributed by atoms with Crippen molar-refractivity contribution in [2.24, 2.45) is 0 Å². The summed E-state index contributed by atoms with van der Waals surface area (Å²) in [6.07, 6.45) is 2.26. The van der Waals surface area contributed by atoms with Gasteiger partial charge in [-0.25, -0.2) is 0 Å². The van der Waals surface area contributed by atoms with Crippen LogP contribution in [0.25, 0.3) is 6.08 Å². The largest absolute Gasteiger partial charge is 0.493 e. The molecule has 6 nitrogen and oxygen atoms in total. The highest BCUT2D eigenvalue weighted by molar-refractivity contribution is 6.31. The molecule has 0 saturated carbocycles. The normalized spacial score (nSPS) is 15.2. The zero-order chi connectivity index (χ0) is 23.3. The van der Waals surface area contributed by atoms with E-state index in [-0.39, 0.29) is 18.7 Å². The summed E-state index contributed by atoms with van der Waals surface area (Å²) in [6.45, 7) is 4.01. The van der Waals surface area contributed by atoms with Crippen molar-refractivity contribution >= 4 is 29.5 Å². The average Bonchev–Trinajstić information content (AvgIpc) is 2.79. The first-order valence-corrected chi connectivity index (χ1v) is 10.5. The first-order chi connectivity index (χ1) is 15.4. The Morgan fingerprint density at radius 1 is 1.12 bits per heavy atom. The molecular weight excluding hydrogens is 428 g/mol. The van der Waals surface area contributed by atoms with Gasteiger partial charge in [0.05, 0.1) is 7.11 Å². The Labute approximate surface area is 192 Å². The van der Waals surface area contributed by atoms with E-state index in [9.17, 15) is 14.9 Å². The summed E-state index contributed by atoms with van der Waals surface area (Å²) >= 11 is 6.19. The molecule has 7 heteroatoms. The van der Waals surface area contributed by atoms with Crippen LogP contribution in [0.3, 0.4) is 0 Å². The molecule has 1 aliphatic rings. The van der Waals surface area contributed by atoms with Gasteiger partial charge in [0.15, 0.2) is 11.5 Å². The maximum absolute atomic E-state index is 12.9. The number of ether oxygens (including phenoxy) is 2. The van der Waals surface area contributed by atoms with Crippen molar-refractivity contribution in [3.8, 4) is 17.6 Å². The summed E-state index contributed by atoms with van der Waals surface area (Å²) in [5, 5.41) is 10.1. The fourth-order valence-electron chi connectivity index (χ4n) is 3.39. The van der Waals surface area contributed by atoms with Gasteiger partial charge in [0.25, 0.3) is 11.8 Å². The van der Waals surface area contributed by atoms with Crippen LogP contribution in [-0.4, -0.2) is 30.4 Å². The van der Waals surface area contributed by atoms with E-state index in [0.29, 0.717) is 39.7 Å². The second-order valence-electron chi connectivity index (χ2n) is 7.22. The minimum Gasteiger partial charge on any atom is -0.493 e. The fraction of sp³-hybridized carbons (Fsp3) is 0.240. The standard InChI is InChI=1S/C25H23ClN2O4/c1-4-11-28-24(29)19(16(2)20(14-27)25(28)30)12-17-9-10-22(23(13-17)31-3)32-15-18-7-5-6-8-21(18)26/h5-10,12-13H,4,11,15H2,1-3H3/b19-12+. The number of rotatable bonds is 7. The number of carbonyl (C=O) groups excluding carboxylic acids is 2. The van der Waals surface area contributed by atoms with Crippen molar-refractivity contribution in [3.05, 3.63) is 75.3 Å². The lowest BCUT2D eigenvalue weighted by Gasteiger charge is -2.27. The number of hydrogen-bond donors (Lipinski definition) is 0. The molecule has 0 radical (unpaired) electrons. The number of halogens is 1. The van der Waals surface area contributed by atoms with Gasteiger partial charge in [-0.05, 0) is 48.8 Å². The lowest BCUT2D eigenvalue weighted by Crippen LogP contribution is -2.43. The second kappa shape index (κ2) is 10.2. The van der Waals surface area contributed by atoms with E-state index in [1.807, 2.05) is 31.2 Å². The van der Waals surface area contributed by atoms with Crippen molar-refractivity contribution in [1.82, 2.24) is 4.90 Å². The second-order valence-corrected chi connectivity index (χ2v) is 7.63. The predicted octanol–water partition coefficient (Wildman–Crippen LogP) is 4.93. The van der Waals surface area contributed by atoms with Crippen LogP contribution >= 0.6 is 11.6 Å². The summed E-state index contributed by atoms with van der Waals surface area (Å²) in [5.74, 6) is 0.0526. The summed E-state index contributed by atoms with van der Waals surface area (Å²) in [6, 6.07) is 14.6. The minimum atomic E-state index is -0.546. The van der Waals surface area contributed by atoms with Gasteiger partial charge >= 0.3 is 0 Å². The van der Waals surface area contributed by atoms with Gasteiger partial charge in [0.1, 0.15) is 18.2 Å². The Kier molecular flexibility index (Phi) is 7.34. The topological polar surface area (TPSA) is 79.6 Å². The number of amides is 2. The van der Waals surface area contributed by atoms with Crippen LogP contribution in [-0.2, 0) is 16.2 Å². The first-order valence-electron chi connectivity index (χ1n) is 10.1. The Morgan fingerprint density at radius 2 is 1.88 bits per heavy atom. The fourth-order valence-corrected chi connectivity index (χ4v) is 3.58.